The maximum atomic E-state index is 9.38. The van der Waals surface area contributed by atoms with Gasteiger partial charge in [-0.15, -0.1) is 0 Å². The molecule has 0 heterocycles. The lowest BCUT2D eigenvalue weighted by Crippen LogP contribution is -2.16. The van der Waals surface area contributed by atoms with Gasteiger partial charge in [-0.25, -0.2) is 0 Å². The van der Waals surface area contributed by atoms with Crippen molar-refractivity contribution in [3.8, 4) is 0 Å². The van der Waals surface area contributed by atoms with Crippen LogP contribution in [0.15, 0.2) is 230 Å². The van der Waals surface area contributed by atoms with Gasteiger partial charge in [0.2, 0.25) is 0 Å². The van der Waals surface area contributed by atoms with Crippen molar-refractivity contribution in [1.29, 1.82) is 0 Å². The van der Waals surface area contributed by atoms with Gasteiger partial charge in [0.25, 0.3) is 0 Å². The first-order valence-electron chi connectivity index (χ1n) is 43.3. The number of benzene rings is 10. The molecule has 1 N–H and O–H groups in total. The van der Waals surface area contributed by atoms with Crippen molar-refractivity contribution < 1.29 is 24.7 Å². The number of hydrogen-bond donors (Lipinski definition) is 1. The fourth-order valence-corrected chi connectivity index (χ4v) is 10.8. The summed E-state index contributed by atoms with van der Waals surface area (Å²) in [6.45, 7) is 50.0. The van der Waals surface area contributed by atoms with E-state index in [4.69, 9.17) is 52.6 Å². The van der Waals surface area contributed by atoms with Crippen molar-refractivity contribution in [3.05, 3.63) is 290 Å². The minimum absolute atomic E-state index is 0. The Morgan fingerprint density at radius 3 is 0.721 bits per heavy atom. The van der Waals surface area contributed by atoms with E-state index in [1.165, 1.54) is 29.8 Å². The molecule has 4 nitrogen and oxygen atoms in total. The maximum Gasteiger partial charge on any atom is 0.0887 e. The molecule has 0 fully saturated rings. The minimum Gasteiger partial charge on any atom is -0.356 e. The van der Waals surface area contributed by atoms with Crippen LogP contribution in [-0.2, 0) is 43.3 Å². The van der Waals surface area contributed by atoms with E-state index in [0.717, 1.165) is 22.4 Å². The van der Waals surface area contributed by atoms with E-state index in [1.807, 2.05) is 185 Å². The van der Waals surface area contributed by atoms with Crippen LogP contribution in [-0.4, -0.2) is 4.93 Å². The standard InChI is InChI=1S/C46H55ClN2.C26H29Cl2N.C20H27N.CH3I.CH4.H2IP/c1-43(2,3)32-16-24-36(25-17-32)48(37-26-18-33(19-27-37)44(4,5)6)40-14-13-15-41(42(40)47)49(38-28-20-34(21-29-38)45(7,8)9)39-30-22-35(23-31-39)46(10,11)12;1-25(2,3)18-10-14-20(15-11-18)29(23-9-7-8-22(27)24(23)28)21-16-12-19(13-17-21)26(4,5)6;1-19(2,3)15-7-11-17(12-8-15)21-18-13-9-16(10-14-18)20(4,5)6;1-2;;1-2/h13-31H,1-12H3;7-17H,1-6H3;7-14,21H,1-6H3;1H3;1H4;2H2/i13D,16D,17D,20D,21D,24D,25D,28D,29D;7D,10D,11D,14D,15D;7D,8D,11D,12D;;;. The summed E-state index contributed by atoms with van der Waals surface area (Å²) in [7, 11) is 0. The van der Waals surface area contributed by atoms with Gasteiger partial charge >= 0.3 is 0 Å². The van der Waals surface area contributed by atoms with Gasteiger partial charge in [0.15, 0.2) is 0 Å². The van der Waals surface area contributed by atoms with E-state index < -0.39 is 21.7 Å². The Labute approximate surface area is 700 Å². The predicted octanol–water partition coefficient (Wildman–Crippen LogP) is 32.5. The zero-order valence-electron chi connectivity index (χ0n) is 82.9. The lowest BCUT2D eigenvalue weighted by molar-refractivity contribution is 0.590. The molecule has 0 aromatic heterocycles. The van der Waals surface area contributed by atoms with Crippen LogP contribution >= 0.6 is 86.3 Å². The van der Waals surface area contributed by atoms with Crippen LogP contribution in [0.5, 0.6) is 0 Å². The molecule has 1 atom stereocenters. The molecule has 10 rings (SSSR count). The minimum atomic E-state index is -0.704. The second kappa shape index (κ2) is 36.8. The van der Waals surface area contributed by atoms with Crippen LogP contribution in [0.1, 0.15) is 243 Å². The molecule has 0 amide bonds. The van der Waals surface area contributed by atoms with Crippen LogP contribution in [0.4, 0.5) is 62.6 Å². The van der Waals surface area contributed by atoms with Gasteiger partial charge in [-0.2, -0.15) is 0 Å². The smallest absolute Gasteiger partial charge is 0.0887 e. The largest absolute Gasteiger partial charge is 0.356 e. The van der Waals surface area contributed by atoms with Crippen molar-refractivity contribution in [1.82, 2.24) is 0 Å². The molecule has 0 radical (unpaired) electrons. The first-order valence-corrected chi connectivity index (χ1v) is 41.7. The topological polar surface area (TPSA) is 21.8 Å². The molecule has 0 saturated carbocycles. The van der Waals surface area contributed by atoms with Crippen LogP contribution in [0.2, 0.25) is 15.1 Å². The monoisotopic (exact) mass is 1710 g/mol. The maximum absolute atomic E-state index is 9.38. The molecule has 556 valence electrons. The number of rotatable bonds is 11. The highest BCUT2D eigenvalue weighted by Crippen LogP contribution is 2.49. The molecule has 0 aliphatic heterocycles. The number of alkyl halides is 1. The van der Waals surface area contributed by atoms with E-state index in [-0.39, 0.29) is 198 Å². The second-order valence-electron chi connectivity index (χ2n) is 33.3. The van der Waals surface area contributed by atoms with Gasteiger partial charge in [0.1, 0.15) is 0 Å². The van der Waals surface area contributed by atoms with Crippen LogP contribution in [0.25, 0.3) is 0 Å². The molecule has 0 aliphatic rings. The van der Waals surface area contributed by atoms with Crippen LogP contribution in [0.3, 0.4) is 0 Å². The molecular weight excluding hydrogens is 1580 g/mol. The van der Waals surface area contributed by atoms with Gasteiger partial charge in [-0.1, -0.05) is 369 Å². The van der Waals surface area contributed by atoms with Crippen molar-refractivity contribution in [3.63, 3.8) is 0 Å². The summed E-state index contributed by atoms with van der Waals surface area (Å²) in [5.74, 6) is 0. The van der Waals surface area contributed by atoms with Gasteiger partial charge in [-0.3, -0.25) is 0 Å². The van der Waals surface area contributed by atoms with E-state index in [0.29, 0.717) is 33.9 Å². The third kappa shape index (κ3) is 24.1. The summed E-state index contributed by atoms with van der Waals surface area (Å²) in [5.41, 5.74) is 5.81. The van der Waals surface area contributed by atoms with E-state index in [1.54, 1.807) is 14.7 Å². The summed E-state index contributed by atoms with van der Waals surface area (Å²) in [6.07, 6.45) is 0. The predicted molar refractivity (Wildman–Crippen MR) is 488 cm³/mol. The molecule has 10 heteroatoms. The molecule has 0 aliphatic carbocycles. The normalized spacial score (nSPS) is 14.3. The SMILES string of the molecule is C.CI.PI.[2H]c1c([2H])c(C(C)(C)C)c([2H])c([2H])c1Nc1ccc(C(C)(C)C)cc1.[2H]c1cc(Cl)c(Cl)c(N(c2ccc(C(C)(C)C)cc2)c2c([2H])c([2H])c(C(C)(C)C)c([2H])c2[2H])c1.[2H]c1cc(N(c2ccc(C(C)(C)C)cc2)c2c([2H])c([2H])c(C(C)(C)C)c([2H])c2[2H])c(Cl)c(N(c2ccc(C(C)(C)C)cc2)c2c([2H])c([2H])c(C(C)(C)C)c([2H])c2[2H])c1. The van der Waals surface area contributed by atoms with E-state index in [2.05, 4.69) is 140 Å². The number of hydrogen-bond acceptors (Lipinski definition) is 4. The lowest BCUT2D eigenvalue weighted by Gasteiger charge is -2.32. The summed E-state index contributed by atoms with van der Waals surface area (Å²) < 4.78 is 160. The Morgan fingerprint density at radius 2 is 0.481 bits per heavy atom. The zero-order valence-corrected chi connectivity index (χ0v) is 72.6. The summed E-state index contributed by atoms with van der Waals surface area (Å²) in [6, 6.07) is 34.0. The third-order valence-corrected chi connectivity index (χ3v) is 17.8. The number of nitrogens with one attached hydrogen (secondary N) is 1. The number of anilines is 11. The third-order valence-electron chi connectivity index (χ3n) is 16.6. The quantitative estimate of drug-likeness (QED) is 0.0791. The molecule has 10 aromatic carbocycles. The molecule has 0 bridgehead atoms. The molecule has 0 saturated heterocycles. The average Bonchev–Trinajstić information content (AvgIpc) is 0.739. The van der Waals surface area contributed by atoms with Crippen molar-refractivity contribution in [2.24, 2.45) is 0 Å². The molecule has 1 unspecified atom stereocenters. The summed E-state index contributed by atoms with van der Waals surface area (Å²) >= 11 is 24.7. The lowest BCUT2D eigenvalue weighted by atomic mass is 9.86. The van der Waals surface area contributed by atoms with Crippen molar-refractivity contribution in [2.45, 2.75) is 217 Å². The Hall–Kier alpha value is -5.84. The molecule has 10 aromatic rings. The zero-order chi connectivity index (χ0) is 92.7. The Morgan fingerprint density at radius 1 is 0.269 bits per heavy atom. The fraction of sp³-hybridized carbons (Fsp3) is 0.362. The second-order valence-corrected chi connectivity index (χ2v) is 34.5. The van der Waals surface area contributed by atoms with E-state index in [9.17, 15) is 6.85 Å². The average molecular weight is 1720 g/mol. The highest BCUT2D eigenvalue weighted by atomic mass is 127. The first-order chi connectivity index (χ1) is 55.4. The summed E-state index contributed by atoms with van der Waals surface area (Å²) in [4.78, 5) is 6.62. The van der Waals surface area contributed by atoms with Gasteiger partial charge in [0, 0.05) is 45.5 Å². The van der Waals surface area contributed by atoms with Crippen molar-refractivity contribution >= 4 is 149 Å². The molecule has 0 spiro atoms. The Balaban J connectivity index is 0.000000349. The highest BCUT2D eigenvalue weighted by Gasteiger charge is 2.27. The molecular formula is C94H120Cl3I2N4P. The first kappa shape index (κ1) is 64.2. The van der Waals surface area contributed by atoms with Gasteiger partial charge in [0.05, 0.1) is 56.8 Å². The van der Waals surface area contributed by atoms with Crippen LogP contribution < -0.4 is 20.0 Å². The fourth-order valence-electron chi connectivity index (χ4n) is 10.2. The van der Waals surface area contributed by atoms with Gasteiger partial charge < -0.3 is 20.0 Å². The Kier molecular flexibility index (Phi) is 22.7. The molecule has 104 heavy (non-hydrogen) atoms. The van der Waals surface area contributed by atoms with Gasteiger partial charge in [-0.05, 0) is 214 Å². The van der Waals surface area contributed by atoms with Crippen molar-refractivity contribution in [2.75, 3.05) is 24.9 Å². The number of nitrogens with zero attached hydrogens (tertiary/aromatic N) is 3. The van der Waals surface area contributed by atoms with Crippen LogP contribution in [0, 0.1) is 0 Å². The Bertz CT molecular complexity index is 5150. The highest BCUT2D eigenvalue weighted by molar-refractivity contribution is 14.2. The number of halogens is 5. The summed E-state index contributed by atoms with van der Waals surface area (Å²) in [5, 5.41) is 3.41. The van der Waals surface area contributed by atoms with E-state index >= 15 is 0 Å².